The van der Waals surface area contributed by atoms with Crippen molar-refractivity contribution in [2.75, 3.05) is 43.4 Å². The van der Waals surface area contributed by atoms with Crippen molar-refractivity contribution in [2.24, 2.45) is 0 Å². The second-order valence-electron chi connectivity index (χ2n) is 6.13. The predicted octanol–water partition coefficient (Wildman–Crippen LogP) is 2.90. The number of carbonyl (C=O) groups is 1. The highest BCUT2D eigenvalue weighted by atomic mass is 16.3. The largest absolute Gasteiger partial charge is 0.469 e. The lowest BCUT2D eigenvalue weighted by Crippen LogP contribution is -2.44. The maximum absolute atomic E-state index is 12.3. The number of furan rings is 1. The Morgan fingerprint density at radius 2 is 1.87 bits per heavy atom. The van der Waals surface area contributed by atoms with E-state index in [9.17, 15) is 4.79 Å². The molecule has 1 amide bonds. The van der Waals surface area contributed by atoms with Gasteiger partial charge in [0.15, 0.2) is 0 Å². The number of rotatable bonds is 3. The van der Waals surface area contributed by atoms with Crippen molar-refractivity contribution >= 4 is 17.3 Å². The lowest BCUT2D eigenvalue weighted by molar-refractivity contribution is 0.102. The molecule has 1 N–H and O–H groups in total. The van der Waals surface area contributed by atoms with Crippen LogP contribution in [0.4, 0.5) is 11.4 Å². The Kier molecular flexibility index (Phi) is 4.39. The minimum absolute atomic E-state index is 0.133. The van der Waals surface area contributed by atoms with Crippen molar-refractivity contribution in [3.8, 4) is 0 Å². The number of piperazine rings is 1. The van der Waals surface area contributed by atoms with Crippen LogP contribution in [0.2, 0.25) is 0 Å². The molecule has 2 heterocycles. The Balaban J connectivity index is 1.72. The Labute approximate surface area is 136 Å². The molecule has 0 aliphatic carbocycles. The van der Waals surface area contributed by atoms with E-state index in [-0.39, 0.29) is 5.91 Å². The summed E-state index contributed by atoms with van der Waals surface area (Å²) in [6.45, 7) is 8.05. The number of nitrogens with zero attached hydrogens (tertiary/aromatic N) is 2. The molecule has 0 bridgehead atoms. The zero-order valence-corrected chi connectivity index (χ0v) is 13.9. The van der Waals surface area contributed by atoms with E-state index in [1.165, 1.54) is 12.0 Å². The number of amides is 1. The zero-order valence-electron chi connectivity index (χ0n) is 13.9. The summed E-state index contributed by atoms with van der Waals surface area (Å²) >= 11 is 0. The molecule has 1 aromatic heterocycles. The molecule has 3 rings (SSSR count). The van der Waals surface area contributed by atoms with E-state index in [4.69, 9.17) is 4.42 Å². The van der Waals surface area contributed by atoms with Crippen molar-refractivity contribution in [1.29, 1.82) is 0 Å². The summed E-state index contributed by atoms with van der Waals surface area (Å²) < 4.78 is 5.19. The molecule has 1 aromatic carbocycles. The van der Waals surface area contributed by atoms with E-state index in [1.807, 2.05) is 13.0 Å². The van der Waals surface area contributed by atoms with Gasteiger partial charge in [-0.3, -0.25) is 4.79 Å². The van der Waals surface area contributed by atoms with Gasteiger partial charge >= 0.3 is 0 Å². The third-order valence-electron chi connectivity index (χ3n) is 4.43. The molecule has 23 heavy (non-hydrogen) atoms. The molecule has 0 saturated carbocycles. The van der Waals surface area contributed by atoms with Crippen LogP contribution in [0, 0.1) is 13.8 Å². The van der Waals surface area contributed by atoms with Gasteiger partial charge in [-0.15, -0.1) is 0 Å². The molecule has 0 radical (unpaired) electrons. The van der Waals surface area contributed by atoms with Crippen molar-refractivity contribution < 1.29 is 9.21 Å². The van der Waals surface area contributed by atoms with Crippen LogP contribution in [-0.4, -0.2) is 44.0 Å². The molecular weight excluding hydrogens is 290 g/mol. The first-order valence-corrected chi connectivity index (χ1v) is 7.94. The van der Waals surface area contributed by atoms with Gasteiger partial charge in [0.05, 0.1) is 11.8 Å². The van der Waals surface area contributed by atoms with Gasteiger partial charge < -0.3 is 19.5 Å². The quantitative estimate of drug-likeness (QED) is 0.946. The monoisotopic (exact) mass is 313 g/mol. The van der Waals surface area contributed by atoms with Gasteiger partial charge in [0, 0.05) is 37.6 Å². The number of hydrogen-bond donors (Lipinski definition) is 1. The van der Waals surface area contributed by atoms with Gasteiger partial charge in [-0.25, -0.2) is 0 Å². The lowest BCUT2D eigenvalue weighted by atomic mass is 10.1. The number of hydrogen-bond acceptors (Lipinski definition) is 4. The van der Waals surface area contributed by atoms with Gasteiger partial charge in [-0.1, -0.05) is 0 Å². The van der Waals surface area contributed by atoms with Gasteiger partial charge in [0.1, 0.15) is 5.76 Å². The van der Waals surface area contributed by atoms with Crippen LogP contribution in [0.15, 0.2) is 34.9 Å². The highest BCUT2D eigenvalue weighted by Crippen LogP contribution is 2.24. The van der Waals surface area contributed by atoms with E-state index in [0.29, 0.717) is 11.3 Å². The van der Waals surface area contributed by atoms with Gasteiger partial charge in [-0.05, 0) is 50.7 Å². The first kappa shape index (κ1) is 15.6. The highest BCUT2D eigenvalue weighted by molar-refractivity contribution is 6.05. The summed E-state index contributed by atoms with van der Waals surface area (Å²) in [6, 6.07) is 7.90. The first-order valence-electron chi connectivity index (χ1n) is 7.94. The minimum atomic E-state index is -0.133. The second kappa shape index (κ2) is 6.46. The van der Waals surface area contributed by atoms with Crippen molar-refractivity contribution in [1.82, 2.24) is 4.90 Å². The lowest BCUT2D eigenvalue weighted by Gasteiger charge is -2.34. The third-order valence-corrected chi connectivity index (χ3v) is 4.43. The Morgan fingerprint density at radius 1 is 1.13 bits per heavy atom. The molecule has 5 heteroatoms. The van der Waals surface area contributed by atoms with Crippen molar-refractivity contribution in [2.45, 2.75) is 13.8 Å². The van der Waals surface area contributed by atoms with E-state index in [1.54, 1.807) is 13.0 Å². The Hall–Kier alpha value is -2.27. The van der Waals surface area contributed by atoms with Crippen LogP contribution in [0.3, 0.4) is 0 Å². The summed E-state index contributed by atoms with van der Waals surface area (Å²) in [5, 5.41) is 2.96. The van der Waals surface area contributed by atoms with E-state index < -0.39 is 0 Å². The second-order valence-corrected chi connectivity index (χ2v) is 6.13. The fourth-order valence-electron chi connectivity index (χ4n) is 2.86. The molecule has 122 valence electrons. The van der Waals surface area contributed by atoms with Gasteiger partial charge in [-0.2, -0.15) is 0 Å². The fraction of sp³-hybridized carbons (Fsp3) is 0.389. The van der Waals surface area contributed by atoms with Gasteiger partial charge in [0.25, 0.3) is 5.91 Å². The van der Waals surface area contributed by atoms with Crippen LogP contribution in [0.1, 0.15) is 21.7 Å². The molecule has 1 saturated heterocycles. The van der Waals surface area contributed by atoms with Crippen LogP contribution in [0.5, 0.6) is 0 Å². The molecular formula is C18H23N3O2. The molecule has 1 fully saturated rings. The smallest absolute Gasteiger partial charge is 0.259 e. The van der Waals surface area contributed by atoms with E-state index in [2.05, 4.69) is 34.3 Å². The number of benzene rings is 1. The molecule has 0 atom stereocenters. The van der Waals surface area contributed by atoms with E-state index >= 15 is 0 Å². The zero-order chi connectivity index (χ0) is 16.4. The Bertz CT molecular complexity index is 700. The first-order chi connectivity index (χ1) is 11.0. The number of aryl methyl sites for hydroxylation is 2. The van der Waals surface area contributed by atoms with Crippen LogP contribution >= 0.6 is 0 Å². The summed E-state index contributed by atoms with van der Waals surface area (Å²) in [5.41, 5.74) is 3.70. The molecule has 1 aliphatic heterocycles. The number of carbonyl (C=O) groups excluding carboxylic acids is 1. The number of likely N-dealkylation sites (N-methyl/N-ethyl adjacent to an activating group) is 1. The number of nitrogens with one attached hydrogen (secondary N) is 1. The topological polar surface area (TPSA) is 48.7 Å². The third kappa shape index (κ3) is 3.40. The standard InChI is InChI=1S/C18H23N3O2/c1-13-12-15(21-9-7-20(3)8-10-21)4-5-17(13)19-18(22)16-6-11-23-14(16)2/h4-6,11-12H,7-10H2,1-3H3,(H,19,22). The molecule has 1 aliphatic rings. The molecule has 0 spiro atoms. The summed E-state index contributed by atoms with van der Waals surface area (Å²) in [7, 11) is 2.15. The van der Waals surface area contributed by atoms with E-state index in [0.717, 1.165) is 37.4 Å². The van der Waals surface area contributed by atoms with Crippen LogP contribution < -0.4 is 10.2 Å². The fourth-order valence-corrected chi connectivity index (χ4v) is 2.86. The maximum atomic E-state index is 12.3. The van der Waals surface area contributed by atoms with Crippen molar-refractivity contribution in [3.63, 3.8) is 0 Å². The maximum Gasteiger partial charge on any atom is 0.259 e. The molecule has 5 nitrogen and oxygen atoms in total. The highest BCUT2D eigenvalue weighted by Gasteiger charge is 2.16. The number of anilines is 2. The minimum Gasteiger partial charge on any atom is -0.469 e. The normalized spacial score (nSPS) is 15.7. The van der Waals surface area contributed by atoms with Crippen LogP contribution in [0.25, 0.3) is 0 Å². The van der Waals surface area contributed by atoms with Crippen molar-refractivity contribution in [3.05, 3.63) is 47.4 Å². The molecule has 2 aromatic rings. The summed E-state index contributed by atoms with van der Waals surface area (Å²) in [4.78, 5) is 17.0. The van der Waals surface area contributed by atoms with Crippen LogP contribution in [-0.2, 0) is 0 Å². The Morgan fingerprint density at radius 3 is 2.48 bits per heavy atom. The summed E-state index contributed by atoms with van der Waals surface area (Å²) in [5.74, 6) is 0.501. The average Bonchev–Trinajstić information content (AvgIpc) is 2.96. The SMILES string of the molecule is Cc1cc(N2CCN(C)CC2)ccc1NC(=O)c1ccoc1C. The van der Waals surface area contributed by atoms with Gasteiger partial charge in [0.2, 0.25) is 0 Å². The molecule has 0 unspecified atom stereocenters. The predicted molar refractivity (Wildman–Crippen MR) is 92.3 cm³/mol. The summed E-state index contributed by atoms with van der Waals surface area (Å²) in [6.07, 6.45) is 1.54. The average molecular weight is 313 g/mol.